The Morgan fingerprint density at radius 2 is 1.81 bits per heavy atom. The van der Waals surface area contributed by atoms with E-state index in [1.807, 2.05) is 24.3 Å². The molecule has 2 aromatic carbocycles. The van der Waals surface area contributed by atoms with Gasteiger partial charge in [-0.2, -0.15) is 0 Å². The molecule has 31 heavy (non-hydrogen) atoms. The van der Waals surface area contributed by atoms with Gasteiger partial charge in [0, 0.05) is 42.5 Å². The lowest BCUT2D eigenvalue weighted by Crippen LogP contribution is -2.53. The van der Waals surface area contributed by atoms with E-state index >= 15 is 0 Å². The molecule has 1 fully saturated rings. The van der Waals surface area contributed by atoms with Gasteiger partial charge >= 0.3 is 0 Å². The summed E-state index contributed by atoms with van der Waals surface area (Å²) in [5, 5.41) is 3.44. The average molecular weight is 442 g/mol. The Labute approximate surface area is 188 Å². The standard InChI is InChI=1S/C24H28ClN3O3/c1-24(2)23(30)28(20-16-17(25)6-11-21(20)31-24)15-12-22(29)26-18-7-9-19(10-8-18)27-13-4-3-5-14-27/h6-11,16H,3-5,12-15H2,1-2H3,(H,26,29). The minimum absolute atomic E-state index is 0.147. The van der Waals surface area contributed by atoms with Crippen LogP contribution in [0, 0.1) is 0 Å². The lowest BCUT2D eigenvalue weighted by molar-refractivity contribution is -0.132. The lowest BCUT2D eigenvalue weighted by atomic mass is 10.0. The Bertz CT molecular complexity index is 969. The third kappa shape index (κ3) is 4.79. The SMILES string of the molecule is CC1(C)Oc2ccc(Cl)cc2N(CCC(=O)Nc2ccc(N3CCCCC3)cc2)C1=O. The van der Waals surface area contributed by atoms with Gasteiger partial charge in [0.2, 0.25) is 5.91 Å². The molecule has 0 aromatic heterocycles. The molecule has 0 spiro atoms. The highest BCUT2D eigenvalue weighted by molar-refractivity contribution is 6.31. The molecule has 7 heteroatoms. The number of piperidine rings is 1. The number of benzene rings is 2. The van der Waals surface area contributed by atoms with Crippen LogP contribution in [0.3, 0.4) is 0 Å². The van der Waals surface area contributed by atoms with E-state index in [1.54, 1.807) is 36.9 Å². The molecule has 0 saturated carbocycles. The van der Waals surface area contributed by atoms with Crippen LogP contribution >= 0.6 is 11.6 Å². The van der Waals surface area contributed by atoms with Crippen LogP contribution in [0.5, 0.6) is 5.75 Å². The maximum atomic E-state index is 12.9. The maximum Gasteiger partial charge on any atom is 0.270 e. The first-order chi connectivity index (χ1) is 14.8. The zero-order valence-corrected chi connectivity index (χ0v) is 18.7. The number of hydrogen-bond acceptors (Lipinski definition) is 4. The number of halogens is 1. The average Bonchev–Trinajstić information content (AvgIpc) is 2.76. The number of nitrogens with one attached hydrogen (secondary N) is 1. The van der Waals surface area contributed by atoms with E-state index < -0.39 is 5.60 Å². The van der Waals surface area contributed by atoms with Crippen molar-refractivity contribution in [1.82, 2.24) is 0 Å². The van der Waals surface area contributed by atoms with E-state index in [0.717, 1.165) is 18.8 Å². The van der Waals surface area contributed by atoms with Gasteiger partial charge in [-0.1, -0.05) is 11.6 Å². The number of anilines is 3. The molecular weight excluding hydrogens is 414 g/mol. The van der Waals surface area contributed by atoms with Crippen LogP contribution in [0.4, 0.5) is 17.1 Å². The summed E-state index contributed by atoms with van der Waals surface area (Å²) in [6, 6.07) is 13.1. The van der Waals surface area contributed by atoms with Gasteiger partial charge in [0.15, 0.2) is 5.60 Å². The summed E-state index contributed by atoms with van der Waals surface area (Å²) in [7, 11) is 0. The van der Waals surface area contributed by atoms with E-state index in [-0.39, 0.29) is 24.8 Å². The Hall–Kier alpha value is -2.73. The normalized spacial score (nSPS) is 17.7. The van der Waals surface area contributed by atoms with Crippen LogP contribution in [0.2, 0.25) is 5.02 Å². The second-order valence-electron chi connectivity index (χ2n) is 8.57. The van der Waals surface area contributed by atoms with Gasteiger partial charge in [0.05, 0.1) is 5.69 Å². The summed E-state index contributed by atoms with van der Waals surface area (Å²) in [5.41, 5.74) is 1.53. The molecule has 2 heterocycles. The summed E-state index contributed by atoms with van der Waals surface area (Å²) in [5.74, 6) is 0.245. The summed E-state index contributed by atoms with van der Waals surface area (Å²) in [4.78, 5) is 29.4. The summed E-state index contributed by atoms with van der Waals surface area (Å²) >= 11 is 6.12. The van der Waals surface area contributed by atoms with Crippen molar-refractivity contribution in [1.29, 1.82) is 0 Å². The van der Waals surface area contributed by atoms with Crippen molar-refractivity contribution in [2.75, 3.05) is 34.8 Å². The van der Waals surface area contributed by atoms with Crippen molar-refractivity contribution in [2.24, 2.45) is 0 Å². The first kappa shape index (κ1) is 21.5. The molecule has 2 aliphatic heterocycles. The van der Waals surface area contributed by atoms with Crippen LogP contribution in [0.25, 0.3) is 0 Å². The van der Waals surface area contributed by atoms with Gasteiger partial charge in [0.25, 0.3) is 5.91 Å². The number of nitrogens with zero attached hydrogens (tertiary/aromatic N) is 2. The summed E-state index contributed by atoms with van der Waals surface area (Å²) in [6.45, 7) is 5.87. The molecule has 0 bridgehead atoms. The minimum Gasteiger partial charge on any atom is -0.476 e. The van der Waals surface area contributed by atoms with E-state index in [0.29, 0.717) is 16.5 Å². The number of fused-ring (bicyclic) bond motifs is 1. The van der Waals surface area contributed by atoms with Crippen molar-refractivity contribution in [3.8, 4) is 5.75 Å². The molecule has 0 radical (unpaired) electrons. The number of carbonyl (C=O) groups excluding carboxylic acids is 2. The van der Waals surface area contributed by atoms with Gasteiger partial charge in [0.1, 0.15) is 5.75 Å². The van der Waals surface area contributed by atoms with Crippen molar-refractivity contribution < 1.29 is 14.3 Å². The Balaban J connectivity index is 1.39. The highest BCUT2D eigenvalue weighted by Gasteiger charge is 2.40. The fourth-order valence-corrected chi connectivity index (χ4v) is 4.27. The molecule has 4 rings (SSSR count). The predicted octanol–water partition coefficient (Wildman–Crippen LogP) is 4.86. The molecule has 0 atom stereocenters. The van der Waals surface area contributed by atoms with Gasteiger partial charge < -0.3 is 19.9 Å². The summed E-state index contributed by atoms with van der Waals surface area (Å²) in [6.07, 6.45) is 3.92. The van der Waals surface area contributed by atoms with Crippen molar-refractivity contribution in [2.45, 2.75) is 45.1 Å². The second kappa shape index (κ2) is 8.79. The van der Waals surface area contributed by atoms with Crippen LogP contribution in [0.15, 0.2) is 42.5 Å². The number of hydrogen-bond donors (Lipinski definition) is 1. The molecule has 1 N–H and O–H groups in total. The Kier molecular flexibility index (Phi) is 6.10. The zero-order valence-electron chi connectivity index (χ0n) is 18.0. The molecular formula is C24H28ClN3O3. The topological polar surface area (TPSA) is 61.9 Å². The fraction of sp³-hybridized carbons (Fsp3) is 0.417. The fourth-order valence-electron chi connectivity index (χ4n) is 4.11. The third-order valence-corrected chi connectivity index (χ3v) is 6.01. The number of rotatable bonds is 5. The zero-order chi connectivity index (χ0) is 22.0. The molecule has 164 valence electrons. The highest BCUT2D eigenvalue weighted by Crippen LogP contribution is 2.39. The summed E-state index contributed by atoms with van der Waals surface area (Å²) < 4.78 is 5.83. The third-order valence-electron chi connectivity index (χ3n) is 5.77. The van der Waals surface area contributed by atoms with Crippen molar-refractivity contribution in [3.63, 3.8) is 0 Å². The first-order valence-corrected chi connectivity index (χ1v) is 11.2. The van der Waals surface area contributed by atoms with Crippen LogP contribution < -0.4 is 19.9 Å². The van der Waals surface area contributed by atoms with Crippen molar-refractivity contribution in [3.05, 3.63) is 47.5 Å². The lowest BCUT2D eigenvalue weighted by Gasteiger charge is -2.38. The van der Waals surface area contributed by atoms with Crippen molar-refractivity contribution >= 4 is 40.5 Å². The highest BCUT2D eigenvalue weighted by atomic mass is 35.5. The molecule has 2 aromatic rings. The maximum absolute atomic E-state index is 12.9. The van der Waals surface area contributed by atoms with Crippen LogP contribution in [0.1, 0.15) is 39.5 Å². The molecule has 2 amide bonds. The molecule has 0 aliphatic carbocycles. The molecule has 2 aliphatic rings. The van der Waals surface area contributed by atoms with E-state index in [9.17, 15) is 9.59 Å². The monoisotopic (exact) mass is 441 g/mol. The van der Waals surface area contributed by atoms with Gasteiger partial charge in [-0.05, 0) is 75.6 Å². The number of carbonyl (C=O) groups is 2. The molecule has 6 nitrogen and oxygen atoms in total. The Morgan fingerprint density at radius 1 is 1.10 bits per heavy atom. The van der Waals surface area contributed by atoms with E-state index in [4.69, 9.17) is 16.3 Å². The van der Waals surface area contributed by atoms with E-state index in [2.05, 4.69) is 10.2 Å². The van der Waals surface area contributed by atoms with Gasteiger partial charge in [-0.15, -0.1) is 0 Å². The Morgan fingerprint density at radius 3 is 2.52 bits per heavy atom. The van der Waals surface area contributed by atoms with Crippen LogP contribution in [-0.4, -0.2) is 37.0 Å². The van der Waals surface area contributed by atoms with Gasteiger partial charge in [-0.25, -0.2) is 0 Å². The van der Waals surface area contributed by atoms with Crippen LogP contribution in [-0.2, 0) is 9.59 Å². The number of ether oxygens (including phenoxy) is 1. The number of amides is 2. The first-order valence-electron chi connectivity index (χ1n) is 10.8. The predicted molar refractivity (Wildman–Crippen MR) is 124 cm³/mol. The quantitative estimate of drug-likeness (QED) is 0.719. The minimum atomic E-state index is -0.998. The van der Waals surface area contributed by atoms with E-state index in [1.165, 1.54) is 24.9 Å². The molecule has 0 unspecified atom stereocenters. The smallest absolute Gasteiger partial charge is 0.270 e. The second-order valence-corrected chi connectivity index (χ2v) is 9.01. The molecule has 1 saturated heterocycles. The van der Waals surface area contributed by atoms with Gasteiger partial charge in [-0.3, -0.25) is 9.59 Å². The largest absolute Gasteiger partial charge is 0.476 e.